The summed E-state index contributed by atoms with van der Waals surface area (Å²) in [6.07, 6.45) is 7.96. The maximum absolute atomic E-state index is 13.1. The summed E-state index contributed by atoms with van der Waals surface area (Å²) in [6, 6.07) is 6.28. The minimum absolute atomic E-state index is 0.0300. The maximum atomic E-state index is 13.1. The number of carbonyl (C=O) groups excluding carboxylic acids is 1. The van der Waals surface area contributed by atoms with Gasteiger partial charge in [0.05, 0.1) is 16.3 Å². The predicted molar refractivity (Wildman–Crippen MR) is 89.5 cm³/mol. The van der Waals surface area contributed by atoms with Crippen molar-refractivity contribution in [2.45, 2.75) is 31.7 Å². The summed E-state index contributed by atoms with van der Waals surface area (Å²) in [5.41, 5.74) is 1.71. The fourth-order valence-electron chi connectivity index (χ4n) is 2.73. The number of nitrogens with zero attached hydrogens (tertiary/aromatic N) is 1. The van der Waals surface area contributed by atoms with Crippen LogP contribution in [-0.2, 0) is 0 Å². The molecule has 1 fully saturated rings. The Morgan fingerprint density at radius 2 is 1.96 bits per heavy atom. The molecule has 1 heterocycles. The van der Waals surface area contributed by atoms with Crippen LogP contribution in [0, 0.1) is 5.82 Å². The van der Waals surface area contributed by atoms with E-state index in [1.54, 1.807) is 12.3 Å². The van der Waals surface area contributed by atoms with Crippen molar-refractivity contribution in [3.63, 3.8) is 0 Å². The average Bonchev–Trinajstić information content (AvgIpc) is 3.04. The van der Waals surface area contributed by atoms with E-state index in [0.29, 0.717) is 17.3 Å². The Labute approximate surface area is 139 Å². The Balaban J connectivity index is 1.70. The van der Waals surface area contributed by atoms with Crippen LogP contribution in [0.1, 0.15) is 36.0 Å². The van der Waals surface area contributed by atoms with Crippen LogP contribution in [0.5, 0.6) is 0 Å². The number of hydrogen-bond donors (Lipinski definition) is 2. The second-order valence-electron chi connectivity index (χ2n) is 5.67. The van der Waals surface area contributed by atoms with Crippen LogP contribution < -0.4 is 10.6 Å². The molecule has 0 radical (unpaired) electrons. The lowest BCUT2D eigenvalue weighted by Crippen LogP contribution is -2.16. The smallest absolute Gasteiger partial charge is 0.257 e. The zero-order valence-corrected chi connectivity index (χ0v) is 13.2. The fourth-order valence-corrected chi connectivity index (χ4v) is 2.91. The van der Waals surface area contributed by atoms with E-state index in [2.05, 4.69) is 15.6 Å². The fraction of sp³-hybridized carbons (Fsp3) is 0.294. The molecular formula is C17H17ClFN3O. The van der Waals surface area contributed by atoms with Gasteiger partial charge in [-0.15, -0.1) is 0 Å². The molecule has 1 aromatic carbocycles. The third-order valence-corrected chi connectivity index (χ3v) is 4.19. The molecule has 1 amide bonds. The van der Waals surface area contributed by atoms with Crippen LogP contribution >= 0.6 is 11.6 Å². The Kier molecular flexibility index (Phi) is 4.76. The van der Waals surface area contributed by atoms with E-state index in [1.807, 2.05) is 0 Å². The number of nitrogens with one attached hydrogen (secondary N) is 2. The number of benzene rings is 1. The SMILES string of the molecule is O=C(Nc1ccc(F)c(Cl)c1)c1cncc(NC2CCCC2)c1. The van der Waals surface area contributed by atoms with Crippen LogP contribution in [0.2, 0.25) is 5.02 Å². The number of anilines is 2. The number of amides is 1. The highest BCUT2D eigenvalue weighted by Gasteiger charge is 2.15. The third-order valence-electron chi connectivity index (χ3n) is 3.90. The van der Waals surface area contributed by atoms with E-state index in [-0.39, 0.29) is 10.9 Å². The Morgan fingerprint density at radius 1 is 1.17 bits per heavy atom. The van der Waals surface area contributed by atoms with Gasteiger partial charge in [-0.1, -0.05) is 24.4 Å². The summed E-state index contributed by atoms with van der Waals surface area (Å²) < 4.78 is 13.1. The molecule has 2 aromatic rings. The van der Waals surface area contributed by atoms with Gasteiger partial charge in [-0.25, -0.2) is 4.39 Å². The lowest BCUT2D eigenvalue weighted by atomic mass is 10.2. The van der Waals surface area contributed by atoms with E-state index in [9.17, 15) is 9.18 Å². The zero-order chi connectivity index (χ0) is 16.2. The molecule has 1 aromatic heterocycles. The minimum Gasteiger partial charge on any atom is -0.381 e. The maximum Gasteiger partial charge on any atom is 0.257 e. The number of halogens is 2. The molecule has 3 rings (SSSR count). The first kappa shape index (κ1) is 15.7. The van der Waals surface area contributed by atoms with Crippen molar-refractivity contribution in [3.8, 4) is 0 Å². The highest BCUT2D eigenvalue weighted by Crippen LogP contribution is 2.23. The molecule has 0 aliphatic heterocycles. The first-order valence-electron chi connectivity index (χ1n) is 7.60. The van der Waals surface area contributed by atoms with Crippen molar-refractivity contribution in [1.29, 1.82) is 0 Å². The average molecular weight is 334 g/mol. The van der Waals surface area contributed by atoms with Gasteiger partial charge in [0.15, 0.2) is 0 Å². The number of hydrogen-bond acceptors (Lipinski definition) is 3. The van der Waals surface area contributed by atoms with Gasteiger partial charge < -0.3 is 10.6 Å². The van der Waals surface area contributed by atoms with E-state index >= 15 is 0 Å². The van der Waals surface area contributed by atoms with E-state index in [4.69, 9.17) is 11.6 Å². The largest absolute Gasteiger partial charge is 0.381 e. The highest BCUT2D eigenvalue weighted by molar-refractivity contribution is 6.31. The van der Waals surface area contributed by atoms with Crippen molar-refractivity contribution in [2.75, 3.05) is 10.6 Å². The molecule has 2 N–H and O–H groups in total. The lowest BCUT2D eigenvalue weighted by molar-refractivity contribution is 0.102. The summed E-state index contributed by atoms with van der Waals surface area (Å²) in [5, 5.41) is 6.06. The summed E-state index contributed by atoms with van der Waals surface area (Å²) in [6.45, 7) is 0. The van der Waals surface area contributed by atoms with Gasteiger partial charge in [0.2, 0.25) is 0 Å². The Morgan fingerprint density at radius 3 is 2.70 bits per heavy atom. The molecule has 6 heteroatoms. The Bertz CT molecular complexity index is 717. The van der Waals surface area contributed by atoms with Crippen molar-refractivity contribution in [1.82, 2.24) is 4.98 Å². The molecule has 0 saturated heterocycles. The van der Waals surface area contributed by atoms with Gasteiger partial charge in [-0.2, -0.15) is 0 Å². The second kappa shape index (κ2) is 6.96. The van der Waals surface area contributed by atoms with E-state index in [0.717, 1.165) is 18.5 Å². The van der Waals surface area contributed by atoms with Gasteiger partial charge in [-0.3, -0.25) is 9.78 Å². The van der Waals surface area contributed by atoms with Gasteiger partial charge >= 0.3 is 0 Å². The summed E-state index contributed by atoms with van der Waals surface area (Å²) >= 11 is 5.71. The number of carbonyl (C=O) groups is 1. The predicted octanol–water partition coefficient (Wildman–Crippen LogP) is 4.48. The lowest BCUT2D eigenvalue weighted by Gasteiger charge is -2.14. The molecule has 23 heavy (non-hydrogen) atoms. The molecule has 4 nitrogen and oxygen atoms in total. The van der Waals surface area contributed by atoms with Gasteiger partial charge in [0, 0.05) is 24.1 Å². The van der Waals surface area contributed by atoms with Crippen LogP contribution in [0.15, 0.2) is 36.7 Å². The van der Waals surface area contributed by atoms with Crippen LogP contribution in [0.25, 0.3) is 0 Å². The topological polar surface area (TPSA) is 54.0 Å². The first-order valence-corrected chi connectivity index (χ1v) is 7.97. The summed E-state index contributed by atoms with van der Waals surface area (Å²) in [4.78, 5) is 16.4. The molecule has 120 valence electrons. The van der Waals surface area contributed by atoms with Crippen molar-refractivity contribution < 1.29 is 9.18 Å². The zero-order valence-electron chi connectivity index (χ0n) is 12.5. The summed E-state index contributed by atoms with van der Waals surface area (Å²) in [7, 11) is 0. The van der Waals surface area contributed by atoms with Crippen molar-refractivity contribution >= 4 is 28.9 Å². The number of aromatic nitrogens is 1. The van der Waals surface area contributed by atoms with Gasteiger partial charge in [0.1, 0.15) is 5.82 Å². The standard InChI is InChI=1S/C17H17ClFN3O/c18-15-8-13(5-6-16(15)19)22-17(23)11-7-14(10-20-9-11)21-12-3-1-2-4-12/h5-10,12,21H,1-4H2,(H,22,23). The molecular weight excluding hydrogens is 317 g/mol. The molecule has 0 spiro atoms. The third kappa shape index (κ3) is 3.99. The van der Waals surface area contributed by atoms with Crippen molar-refractivity contribution in [2.24, 2.45) is 0 Å². The van der Waals surface area contributed by atoms with E-state index in [1.165, 1.54) is 37.2 Å². The second-order valence-corrected chi connectivity index (χ2v) is 6.08. The van der Waals surface area contributed by atoms with E-state index < -0.39 is 5.82 Å². The minimum atomic E-state index is -0.519. The van der Waals surface area contributed by atoms with Crippen LogP contribution in [0.4, 0.5) is 15.8 Å². The molecule has 0 unspecified atom stereocenters. The summed E-state index contributed by atoms with van der Waals surface area (Å²) in [5.74, 6) is -0.829. The molecule has 1 saturated carbocycles. The van der Waals surface area contributed by atoms with Crippen molar-refractivity contribution in [3.05, 3.63) is 53.1 Å². The quantitative estimate of drug-likeness (QED) is 0.867. The highest BCUT2D eigenvalue weighted by atomic mass is 35.5. The molecule has 1 aliphatic rings. The number of pyridine rings is 1. The van der Waals surface area contributed by atoms with Gasteiger partial charge in [-0.05, 0) is 37.1 Å². The monoisotopic (exact) mass is 333 g/mol. The first-order chi connectivity index (χ1) is 11.1. The Hall–Kier alpha value is -2.14. The van der Waals surface area contributed by atoms with Crippen LogP contribution in [0.3, 0.4) is 0 Å². The van der Waals surface area contributed by atoms with Crippen LogP contribution in [-0.4, -0.2) is 16.9 Å². The molecule has 1 aliphatic carbocycles. The van der Waals surface area contributed by atoms with Gasteiger partial charge in [0.25, 0.3) is 5.91 Å². The normalized spacial score (nSPS) is 14.7. The molecule has 0 bridgehead atoms. The number of rotatable bonds is 4. The molecule has 0 atom stereocenters.